The number of hydrogen-bond acceptors (Lipinski definition) is 5. The maximum Gasteiger partial charge on any atom is 0.262 e. The molecule has 156 valence electrons. The van der Waals surface area contributed by atoms with Crippen molar-refractivity contribution in [2.75, 3.05) is 12.4 Å². The first-order chi connectivity index (χ1) is 14.3. The fourth-order valence-corrected chi connectivity index (χ4v) is 5.04. The predicted octanol–water partition coefficient (Wildman–Crippen LogP) is 5.26. The number of ether oxygens (including phenoxy) is 1. The van der Waals surface area contributed by atoms with Crippen LogP contribution in [0.2, 0.25) is 0 Å². The minimum absolute atomic E-state index is 0.00812. The minimum atomic E-state index is -0.302. The van der Waals surface area contributed by atoms with Gasteiger partial charge in [0.15, 0.2) is 10.9 Å². The highest BCUT2D eigenvalue weighted by Gasteiger charge is 2.32. The van der Waals surface area contributed by atoms with E-state index in [0.29, 0.717) is 28.2 Å². The number of carbonyl (C=O) groups is 1. The summed E-state index contributed by atoms with van der Waals surface area (Å²) in [5.41, 5.74) is 0.946. The number of rotatable bonds is 5. The molecule has 1 saturated heterocycles. The molecule has 1 aliphatic rings. The summed E-state index contributed by atoms with van der Waals surface area (Å²) in [5, 5.41) is 1.19. The van der Waals surface area contributed by atoms with Gasteiger partial charge in [-0.25, -0.2) is 4.98 Å². The third-order valence-electron chi connectivity index (χ3n) is 5.31. The van der Waals surface area contributed by atoms with E-state index in [1.54, 1.807) is 16.7 Å². The lowest BCUT2D eigenvalue weighted by Gasteiger charge is -2.36. The molecule has 0 spiro atoms. The smallest absolute Gasteiger partial charge is 0.262 e. The van der Waals surface area contributed by atoms with E-state index >= 15 is 0 Å². The zero-order chi connectivity index (χ0) is 21.3. The standard InChI is InChI=1S/C23H23BrN2O3S/c1-23(2)13-17(11-12-29-23)26-21(28)18-5-3-4-6-19(18)25-22(26)30-14-20(27)15-7-9-16(24)10-8-15/h3-10,17H,11-14H2,1-2H3. The van der Waals surface area contributed by atoms with Gasteiger partial charge >= 0.3 is 0 Å². The van der Waals surface area contributed by atoms with E-state index in [0.717, 1.165) is 17.3 Å². The van der Waals surface area contributed by atoms with Crippen LogP contribution in [0.4, 0.5) is 0 Å². The molecule has 4 rings (SSSR count). The fraction of sp³-hybridized carbons (Fsp3) is 0.348. The van der Waals surface area contributed by atoms with E-state index in [1.165, 1.54) is 11.8 Å². The Morgan fingerprint density at radius 3 is 2.70 bits per heavy atom. The lowest BCUT2D eigenvalue weighted by atomic mass is 9.93. The van der Waals surface area contributed by atoms with E-state index in [9.17, 15) is 9.59 Å². The Labute approximate surface area is 188 Å². The van der Waals surface area contributed by atoms with Crippen molar-refractivity contribution < 1.29 is 9.53 Å². The van der Waals surface area contributed by atoms with Gasteiger partial charge in [0.05, 0.1) is 22.3 Å². The van der Waals surface area contributed by atoms with Crippen LogP contribution >= 0.6 is 27.7 Å². The van der Waals surface area contributed by atoms with E-state index in [1.807, 2.05) is 50.2 Å². The summed E-state index contributed by atoms with van der Waals surface area (Å²) in [5.74, 6) is 0.229. The Morgan fingerprint density at radius 1 is 1.23 bits per heavy atom. The van der Waals surface area contributed by atoms with Gasteiger partial charge in [-0.2, -0.15) is 0 Å². The molecule has 30 heavy (non-hydrogen) atoms. The average Bonchev–Trinajstić information content (AvgIpc) is 2.72. The quantitative estimate of drug-likeness (QED) is 0.279. The van der Waals surface area contributed by atoms with E-state index < -0.39 is 0 Å². The van der Waals surface area contributed by atoms with Crippen molar-refractivity contribution in [3.05, 3.63) is 68.9 Å². The second-order valence-corrected chi connectivity index (χ2v) is 9.92. The molecule has 0 radical (unpaired) electrons. The Morgan fingerprint density at radius 2 is 1.97 bits per heavy atom. The molecule has 2 aromatic carbocycles. The predicted molar refractivity (Wildman–Crippen MR) is 124 cm³/mol. The van der Waals surface area contributed by atoms with Gasteiger partial charge in [0.2, 0.25) is 0 Å². The summed E-state index contributed by atoms with van der Waals surface area (Å²) >= 11 is 4.72. The van der Waals surface area contributed by atoms with Gasteiger partial charge in [-0.3, -0.25) is 14.2 Å². The molecule has 0 saturated carbocycles. The number of halogens is 1. The SMILES string of the molecule is CC1(C)CC(n2c(SCC(=O)c3ccc(Br)cc3)nc3ccccc3c2=O)CCO1. The Bertz CT molecular complexity index is 1140. The number of para-hydroxylation sites is 1. The lowest BCUT2D eigenvalue weighted by Crippen LogP contribution is -2.39. The van der Waals surface area contributed by atoms with Crippen LogP contribution in [-0.4, -0.2) is 33.3 Å². The first kappa shape index (κ1) is 21.3. The van der Waals surface area contributed by atoms with Gasteiger partial charge in [0.1, 0.15) is 0 Å². The number of benzene rings is 2. The van der Waals surface area contributed by atoms with Crippen LogP contribution in [0.5, 0.6) is 0 Å². The van der Waals surface area contributed by atoms with Gasteiger partial charge in [-0.1, -0.05) is 52.0 Å². The van der Waals surface area contributed by atoms with Crippen molar-refractivity contribution in [2.24, 2.45) is 0 Å². The first-order valence-corrected chi connectivity index (χ1v) is 11.7. The molecule has 1 aliphatic heterocycles. The molecular weight excluding hydrogens is 464 g/mol. The minimum Gasteiger partial charge on any atom is -0.375 e. The molecule has 1 aromatic heterocycles. The Hall–Kier alpha value is -1.96. The fourth-order valence-electron chi connectivity index (χ4n) is 3.82. The van der Waals surface area contributed by atoms with Crippen molar-refractivity contribution in [2.45, 2.75) is 43.5 Å². The third kappa shape index (κ3) is 4.53. The zero-order valence-electron chi connectivity index (χ0n) is 16.9. The number of thioether (sulfide) groups is 1. The van der Waals surface area contributed by atoms with E-state index in [2.05, 4.69) is 15.9 Å². The third-order valence-corrected chi connectivity index (χ3v) is 6.79. The van der Waals surface area contributed by atoms with E-state index in [4.69, 9.17) is 9.72 Å². The Kier molecular flexibility index (Phi) is 6.14. The summed E-state index contributed by atoms with van der Waals surface area (Å²) in [6.45, 7) is 4.68. The summed E-state index contributed by atoms with van der Waals surface area (Å²) in [6, 6.07) is 14.7. The number of fused-ring (bicyclic) bond motifs is 1. The summed E-state index contributed by atoms with van der Waals surface area (Å²) in [4.78, 5) is 30.9. The molecule has 5 nitrogen and oxygen atoms in total. The van der Waals surface area contributed by atoms with Gasteiger partial charge in [-0.05, 0) is 51.0 Å². The molecule has 1 atom stereocenters. The monoisotopic (exact) mass is 486 g/mol. The van der Waals surface area contributed by atoms with Crippen LogP contribution < -0.4 is 5.56 Å². The number of hydrogen-bond donors (Lipinski definition) is 0. The maximum absolute atomic E-state index is 13.4. The molecule has 0 bridgehead atoms. The second kappa shape index (κ2) is 8.65. The molecular formula is C23H23BrN2O3S. The van der Waals surface area contributed by atoms with Crippen molar-refractivity contribution in [1.29, 1.82) is 0 Å². The molecule has 1 fully saturated rings. The molecule has 0 N–H and O–H groups in total. The first-order valence-electron chi connectivity index (χ1n) is 9.91. The molecule has 0 aliphatic carbocycles. The molecule has 1 unspecified atom stereocenters. The number of aromatic nitrogens is 2. The topological polar surface area (TPSA) is 61.2 Å². The van der Waals surface area contributed by atoms with Gasteiger partial charge < -0.3 is 4.74 Å². The largest absolute Gasteiger partial charge is 0.375 e. The number of nitrogens with zero attached hydrogens (tertiary/aromatic N) is 2. The van der Waals surface area contributed by atoms with Gasteiger partial charge in [0, 0.05) is 22.7 Å². The van der Waals surface area contributed by atoms with Crippen LogP contribution in [-0.2, 0) is 4.74 Å². The van der Waals surface area contributed by atoms with Crippen molar-refractivity contribution in [3.63, 3.8) is 0 Å². The van der Waals surface area contributed by atoms with Crippen LogP contribution in [0, 0.1) is 0 Å². The highest BCUT2D eigenvalue weighted by atomic mass is 79.9. The van der Waals surface area contributed by atoms with Crippen LogP contribution in [0.3, 0.4) is 0 Å². The normalized spacial score (nSPS) is 18.4. The van der Waals surface area contributed by atoms with Gasteiger partial charge in [-0.15, -0.1) is 0 Å². The van der Waals surface area contributed by atoms with Crippen molar-refractivity contribution in [1.82, 2.24) is 9.55 Å². The van der Waals surface area contributed by atoms with Crippen LogP contribution in [0.1, 0.15) is 43.1 Å². The summed E-state index contributed by atoms with van der Waals surface area (Å²) in [7, 11) is 0. The number of Topliss-reactive ketones (excluding diaryl/α,β-unsaturated/α-hetero) is 1. The Balaban J connectivity index is 1.69. The van der Waals surface area contributed by atoms with Gasteiger partial charge in [0.25, 0.3) is 5.56 Å². The zero-order valence-corrected chi connectivity index (χ0v) is 19.3. The second-order valence-electron chi connectivity index (χ2n) is 8.06. The van der Waals surface area contributed by atoms with Crippen molar-refractivity contribution in [3.8, 4) is 0 Å². The van der Waals surface area contributed by atoms with E-state index in [-0.39, 0.29) is 28.7 Å². The maximum atomic E-state index is 13.4. The summed E-state index contributed by atoms with van der Waals surface area (Å²) < 4.78 is 8.56. The molecule has 7 heteroatoms. The van der Waals surface area contributed by atoms with Crippen molar-refractivity contribution >= 4 is 44.4 Å². The number of ketones is 1. The molecule has 0 amide bonds. The number of carbonyl (C=O) groups excluding carboxylic acids is 1. The average molecular weight is 487 g/mol. The van der Waals surface area contributed by atoms with Crippen LogP contribution in [0.15, 0.2) is 63.0 Å². The molecule has 3 aromatic rings. The highest BCUT2D eigenvalue weighted by molar-refractivity contribution is 9.10. The highest BCUT2D eigenvalue weighted by Crippen LogP contribution is 2.34. The lowest BCUT2D eigenvalue weighted by molar-refractivity contribution is -0.0708. The summed E-state index contributed by atoms with van der Waals surface area (Å²) in [6.07, 6.45) is 1.47. The molecule has 2 heterocycles. The van der Waals surface area contributed by atoms with Crippen LogP contribution in [0.25, 0.3) is 10.9 Å².